The number of hydrogen-bond acceptors (Lipinski definition) is 3. The summed E-state index contributed by atoms with van der Waals surface area (Å²) in [5.74, 6) is 1.37. The van der Waals surface area contributed by atoms with Crippen molar-refractivity contribution in [1.82, 2.24) is 10.2 Å². The van der Waals surface area contributed by atoms with Gasteiger partial charge in [-0.25, -0.2) is 0 Å². The van der Waals surface area contributed by atoms with Crippen molar-refractivity contribution < 1.29 is 14.0 Å². The molecule has 5 nitrogen and oxygen atoms in total. The number of amides is 2. The van der Waals surface area contributed by atoms with Crippen LogP contribution in [0.1, 0.15) is 17.9 Å². The van der Waals surface area contributed by atoms with E-state index in [-0.39, 0.29) is 11.8 Å². The van der Waals surface area contributed by atoms with E-state index in [0.717, 1.165) is 5.76 Å². The molecule has 1 aliphatic heterocycles. The average molecular weight is 248 g/mol. The molecule has 0 atom stereocenters. The van der Waals surface area contributed by atoms with Gasteiger partial charge in [0.05, 0.1) is 0 Å². The molecule has 2 amide bonds. The van der Waals surface area contributed by atoms with Gasteiger partial charge in [0.25, 0.3) is 0 Å². The fourth-order valence-corrected chi connectivity index (χ4v) is 1.79. The van der Waals surface area contributed by atoms with Crippen molar-refractivity contribution in [1.29, 1.82) is 0 Å². The lowest BCUT2D eigenvalue weighted by Crippen LogP contribution is -2.32. The van der Waals surface area contributed by atoms with Gasteiger partial charge in [-0.05, 0) is 25.1 Å². The Morgan fingerprint density at radius 1 is 1.44 bits per heavy atom. The highest BCUT2D eigenvalue weighted by molar-refractivity contribution is 5.92. The predicted octanol–water partition coefficient (Wildman–Crippen LogP) is 0.950. The Kier molecular flexibility index (Phi) is 3.82. The van der Waals surface area contributed by atoms with E-state index in [1.807, 2.05) is 19.1 Å². The van der Waals surface area contributed by atoms with E-state index in [9.17, 15) is 9.59 Å². The number of carbonyl (C=O) groups is 2. The molecule has 1 aromatic heterocycles. The van der Waals surface area contributed by atoms with Crippen molar-refractivity contribution in [3.8, 4) is 0 Å². The molecule has 1 aliphatic rings. The van der Waals surface area contributed by atoms with Crippen LogP contribution in [0.4, 0.5) is 0 Å². The van der Waals surface area contributed by atoms with Crippen molar-refractivity contribution in [2.75, 3.05) is 19.6 Å². The van der Waals surface area contributed by atoms with Crippen LogP contribution in [0.3, 0.4) is 0 Å². The molecule has 0 saturated carbocycles. The first-order chi connectivity index (χ1) is 8.65. The first-order valence-electron chi connectivity index (χ1n) is 5.95. The highest BCUT2D eigenvalue weighted by Crippen LogP contribution is 2.08. The van der Waals surface area contributed by atoms with Crippen LogP contribution in [-0.4, -0.2) is 36.3 Å². The second-order valence-electron chi connectivity index (χ2n) is 4.21. The van der Waals surface area contributed by atoms with Crippen molar-refractivity contribution in [3.63, 3.8) is 0 Å². The van der Waals surface area contributed by atoms with Crippen LogP contribution >= 0.6 is 0 Å². The van der Waals surface area contributed by atoms with Gasteiger partial charge in [0.1, 0.15) is 11.5 Å². The van der Waals surface area contributed by atoms with Gasteiger partial charge in [0, 0.05) is 32.1 Å². The largest absolute Gasteiger partial charge is 0.462 e. The van der Waals surface area contributed by atoms with Gasteiger partial charge in [-0.2, -0.15) is 0 Å². The summed E-state index contributed by atoms with van der Waals surface area (Å²) in [6.45, 7) is 3.38. The molecular weight excluding hydrogens is 232 g/mol. The standard InChI is InChI=1S/C13H16N2O3/c1-10-2-3-11(18-10)4-5-13(17)15-8-6-12(16)14-7-9-15/h2-5H,6-9H2,1H3,(H,14,16). The Hall–Kier alpha value is -2.04. The van der Waals surface area contributed by atoms with Gasteiger partial charge in [-0.1, -0.05) is 0 Å². The monoisotopic (exact) mass is 248 g/mol. The molecule has 0 radical (unpaired) electrons. The predicted molar refractivity (Wildman–Crippen MR) is 66.7 cm³/mol. The Labute approximate surface area is 105 Å². The van der Waals surface area contributed by atoms with Crippen LogP contribution in [0.25, 0.3) is 6.08 Å². The lowest BCUT2D eigenvalue weighted by Gasteiger charge is -2.16. The third-order valence-electron chi connectivity index (χ3n) is 2.78. The first kappa shape index (κ1) is 12.4. The third kappa shape index (κ3) is 3.23. The van der Waals surface area contributed by atoms with E-state index in [2.05, 4.69) is 5.32 Å². The maximum absolute atomic E-state index is 11.9. The molecule has 0 aromatic carbocycles. The van der Waals surface area contributed by atoms with Crippen LogP contribution in [0.5, 0.6) is 0 Å². The molecule has 0 spiro atoms. The highest BCUT2D eigenvalue weighted by Gasteiger charge is 2.16. The van der Waals surface area contributed by atoms with Gasteiger partial charge >= 0.3 is 0 Å². The second kappa shape index (κ2) is 5.53. The normalized spacial score (nSPS) is 16.7. The van der Waals surface area contributed by atoms with Gasteiger partial charge in [0.15, 0.2) is 0 Å². The molecule has 96 valence electrons. The average Bonchev–Trinajstić information content (AvgIpc) is 2.63. The summed E-state index contributed by atoms with van der Waals surface area (Å²) >= 11 is 0. The summed E-state index contributed by atoms with van der Waals surface area (Å²) in [5.41, 5.74) is 0. The van der Waals surface area contributed by atoms with E-state index in [4.69, 9.17) is 4.42 Å². The lowest BCUT2D eigenvalue weighted by atomic mass is 10.3. The molecule has 1 N–H and O–H groups in total. The zero-order chi connectivity index (χ0) is 13.0. The first-order valence-corrected chi connectivity index (χ1v) is 5.95. The smallest absolute Gasteiger partial charge is 0.246 e. The summed E-state index contributed by atoms with van der Waals surface area (Å²) in [4.78, 5) is 24.7. The van der Waals surface area contributed by atoms with Crippen molar-refractivity contribution in [2.45, 2.75) is 13.3 Å². The Balaban J connectivity index is 1.94. The van der Waals surface area contributed by atoms with Gasteiger partial charge in [-0.3, -0.25) is 9.59 Å². The zero-order valence-corrected chi connectivity index (χ0v) is 10.3. The number of hydrogen-bond donors (Lipinski definition) is 1. The molecule has 0 unspecified atom stereocenters. The van der Waals surface area contributed by atoms with Crippen LogP contribution in [-0.2, 0) is 9.59 Å². The summed E-state index contributed by atoms with van der Waals surface area (Å²) in [6.07, 6.45) is 3.49. The minimum Gasteiger partial charge on any atom is -0.462 e. The number of nitrogens with one attached hydrogen (secondary N) is 1. The number of rotatable bonds is 2. The molecule has 1 saturated heterocycles. The molecular formula is C13H16N2O3. The fraction of sp³-hybridized carbons (Fsp3) is 0.385. The summed E-state index contributed by atoms with van der Waals surface area (Å²) < 4.78 is 5.34. The van der Waals surface area contributed by atoms with E-state index >= 15 is 0 Å². The third-order valence-corrected chi connectivity index (χ3v) is 2.78. The van der Waals surface area contributed by atoms with E-state index in [1.165, 1.54) is 6.08 Å². The van der Waals surface area contributed by atoms with Gasteiger partial charge < -0.3 is 14.6 Å². The summed E-state index contributed by atoms with van der Waals surface area (Å²) in [5, 5.41) is 2.73. The van der Waals surface area contributed by atoms with Gasteiger partial charge in [0.2, 0.25) is 11.8 Å². The number of nitrogens with zero attached hydrogens (tertiary/aromatic N) is 1. The minimum atomic E-state index is -0.0967. The van der Waals surface area contributed by atoms with Crippen molar-refractivity contribution in [3.05, 3.63) is 29.7 Å². The van der Waals surface area contributed by atoms with Crippen LogP contribution in [0, 0.1) is 6.92 Å². The SMILES string of the molecule is Cc1ccc(C=CC(=O)N2CCNC(=O)CC2)o1. The maximum Gasteiger partial charge on any atom is 0.246 e. The maximum atomic E-state index is 11.9. The summed E-state index contributed by atoms with van der Waals surface area (Å²) in [6, 6.07) is 3.66. The van der Waals surface area contributed by atoms with E-state index < -0.39 is 0 Å². The van der Waals surface area contributed by atoms with E-state index in [1.54, 1.807) is 11.0 Å². The molecule has 2 rings (SSSR count). The minimum absolute atomic E-state index is 0.00376. The van der Waals surface area contributed by atoms with Crippen LogP contribution in [0.15, 0.2) is 22.6 Å². The Bertz CT molecular complexity index is 476. The second-order valence-corrected chi connectivity index (χ2v) is 4.21. The molecule has 1 aromatic rings. The fourth-order valence-electron chi connectivity index (χ4n) is 1.79. The summed E-state index contributed by atoms with van der Waals surface area (Å²) in [7, 11) is 0. The number of aryl methyl sites for hydroxylation is 1. The Morgan fingerprint density at radius 2 is 2.28 bits per heavy atom. The van der Waals surface area contributed by atoms with E-state index in [0.29, 0.717) is 31.8 Å². The molecule has 0 bridgehead atoms. The number of furan rings is 1. The van der Waals surface area contributed by atoms with Crippen molar-refractivity contribution in [2.24, 2.45) is 0 Å². The molecule has 2 heterocycles. The zero-order valence-electron chi connectivity index (χ0n) is 10.3. The van der Waals surface area contributed by atoms with Gasteiger partial charge in [-0.15, -0.1) is 0 Å². The molecule has 0 aliphatic carbocycles. The molecule has 5 heteroatoms. The van der Waals surface area contributed by atoms with Crippen LogP contribution in [0.2, 0.25) is 0 Å². The topological polar surface area (TPSA) is 62.6 Å². The molecule has 18 heavy (non-hydrogen) atoms. The lowest BCUT2D eigenvalue weighted by molar-refractivity contribution is -0.125. The highest BCUT2D eigenvalue weighted by atomic mass is 16.3. The number of carbonyl (C=O) groups excluding carboxylic acids is 2. The van der Waals surface area contributed by atoms with Crippen LogP contribution < -0.4 is 5.32 Å². The van der Waals surface area contributed by atoms with Crippen molar-refractivity contribution >= 4 is 17.9 Å². The quantitative estimate of drug-likeness (QED) is 0.793. The Morgan fingerprint density at radius 3 is 3.00 bits per heavy atom. The molecule has 1 fully saturated rings.